The summed E-state index contributed by atoms with van der Waals surface area (Å²) in [6.07, 6.45) is 0. The Bertz CT molecular complexity index is 40.6. The summed E-state index contributed by atoms with van der Waals surface area (Å²) < 4.78 is 0. The Labute approximate surface area is 71.1 Å². The average molecular weight is 199 g/mol. The predicted octanol–water partition coefficient (Wildman–Crippen LogP) is 3.67. The molecule has 0 rings (SSSR count). The number of aliphatic carboxylic acids is 1. The molecule has 0 spiro atoms. The van der Waals surface area contributed by atoms with E-state index in [1.165, 1.54) is 0 Å². The minimum Gasteiger partial charge on any atom is -0.693 e. The van der Waals surface area contributed by atoms with Crippen molar-refractivity contribution in [3.8, 4) is 0 Å². The molecule has 0 aliphatic rings. The van der Waals surface area contributed by atoms with Gasteiger partial charge in [-0.15, -0.1) is 0 Å². The largest absolute Gasteiger partial charge is 0.693 e. The number of hydrogen-bond donors (Lipinski definition) is 1. The molecule has 0 aliphatic heterocycles. The summed E-state index contributed by atoms with van der Waals surface area (Å²) in [6, 6.07) is 0. The van der Waals surface area contributed by atoms with Gasteiger partial charge in [-0.3, -0.25) is 4.79 Å². The first-order valence-corrected chi connectivity index (χ1v) is 0.928. The molecule has 0 atom stereocenters. The Balaban J connectivity index is -0.00000000300. The Hall–Kier alpha value is -0.224. The molecular weight excluding hydrogens is 185 g/mol. The Morgan fingerprint density at radius 2 is 1.00 bits per heavy atom. The van der Waals surface area contributed by atoms with E-state index in [2.05, 4.69) is 0 Å². The van der Waals surface area contributed by atoms with Crippen LogP contribution in [0.3, 0.4) is 0 Å². The second-order valence-electron chi connectivity index (χ2n) is 0.519. The zero-order valence-electron chi connectivity index (χ0n) is 5.58. The van der Waals surface area contributed by atoms with E-state index < -0.39 is 5.97 Å². The minimum atomic E-state index is -0.833. The molecule has 0 aromatic carbocycles. The zero-order chi connectivity index (χ0) is 3.58. The number of carbonyl (C=O) groups is 1. The fourth-order valence-corrected chi connectivity index (χ4v) is 0. The summed E-state index contributed by atoms with van der Waals surface area (Å²) in [5.74, 6) is -0.833. The molecule has 10 heavy (non-hydrogen) atoms. The van der Waals surface area contributed by atoms with Gasteiger partial charge in [0, 0.05) is 23.7 Å². The molecule has 0 heterocycles. The van der Waals surface area contributed by atoms with Gasteiger partial charge in [-0.25, -0.2) is 0 Å². The topological polar surface area (TPSA) is 205 Å². The van der Waals surface area contributed by atoms with E-state index in [4.69, 9.17) is 9.90 Å². The van der Waals surface area contributed by atoms with E-state index in [1.54, 1.807) is 0 Å². The molecule has 73 valence electrons. The van der Waals surface area contributed by atoms with E-state index >= 15 is 0 Å². The van der Waals surface area contributed by atoms with Crippen molar-refractivity contribution in [3.63, 3.8) is 0 Å². The Morgan fingerprint density at radius 1 is 1.00 bits per heavy atom. The van der Waals surface area contributed by atoms with Crippen molar-refractivity contribution in [2.24, 2.45) is 0 Å². The molecule has 8 heteroatoms. The fourth-order valence-electron chi connectivity index (χ4n) is 0. The van der Waals surface area contributed by atoms with Crippen LogP contribution < -0.4 is 0 Å². The van der Waals surface area contributed by atoms with Crippen molar-refractivity contribution in [3.05, 3.63) is 30.8 Å². The minimum absolute atomic E-state index is 0. The first-order valence-electron chi connectivity index (χ1n) is 0.928. The van der Waals surface area contributed by atoms with Gasteiger partial charge in [0.25, 0.3) is 5.97 Å². The third kappa shape index (κ3) is 7150. The molecule has 0 aliphatic carbocycles. The summed E-state index contributed by atoms with van der Waals surface area (Å²) in [5.41, 5.74) is 0. The van der Waals surface area contributed by atoms with Gasteiger partial charge in [-0.05, 0) is 0 Å². The molecule has 1 radical (unpaired) electrons. The molecule has 0 fully saturated rings. The molecule has 11 N–H and O–H groups in total. The molecule has 0 aromatic heterocycles. The van der Waals surface area contributed by atoms with Crippen LogP contribution in [0.25, 0.3) is 30.8 Å². The van der Waals surface area contributed by atoms with Crippen LogP contribution >= 0.6 is 0 Å². The predicted molar refractivity (Wildman–Crippen MR) is 39.7 cm³/mol. The van der Waals surface area contributed by atoms with Crippen LogP contribution in [-0.2, 0) is 21.6 Å². The van der Waals surface area contributed by atoms with E-state index in [0.29, 0.717) is 0 Å². The monoisotopic (exact) mass is 199 g/mol. The van der Waals surface area contributed by atoms with Gasteiger partial charge in [0.15, 0.2) is 0 Å². The molecular formula is C2H14CoN5O2-5. The van der Waals surface area contributed by atoms with Crippen LogP contribution in [0, 0.1) is 0 Å². The van der Waals surface area contributed by atoms with Crippen LogP contribution in [0.2, 0.25) is 0 Å². The van der Waals surface area contributed by atoms with Crippen molar-refractivity contribution in [2.75, 3.05) is 0 Å². The summed E-state index contributed by atoms with van der Waals surface area (Å²) in [6.45, 7) is 1.08. The van der Waals surface area contributed by atoms with Gasteiger partial charge in [0.05, 0.1) is 0 Å². The SMILES string of the molecule is CC(=O)O.[Co].[NH2-].[NH2-].[NH2-].[NH2-].[NH2-]. The first kappa shape index (κ1) is 97.7. The standard InChI is InChI=1S/C2H4O2.Co.5H2N/c1-2(3)4;;;;;;/h1H3,(H,3,4);;5*1H2/q;;5*-1. The molecule has 0 unspecified atom stereocenters. The third-order valence-corrected chi connectivity index (χ3v) is 0. The summed E-state index contributed by atoms with van der Waals surface area (Å²) in [4.78, 5) is 9.00. The zero-order valence-corrected chi connectivity index (χ0v) is 6.62. The number of nitrogens with two attached hydrogens (primary N) is 5. The molecule has 0 saturated carbocycles. The van der Waals surface area contributed by atoms with Gasteiger partial charge in [0.1, 0.15) is 0 Å². The van der Waals surface area contributed by atoms with Crippen molar-refractivity contribution in [1.29, 1.82) is 0 Å². The summed E-state index contributed by atoms with van der Waals surface area (Å²) in [5, 5.41) is 7.42. The molecule has 0 bridgehead atoms. The first-order chi connectivity index (χ1) is 1.73. The number of carboxylic acid groups (broad SMARTS) is 1. The maximum atomic E-state index is 9.00. The number of hydrogen-bond acceptors (Lipinski definition) is 1. The Kier molecular flexibility index (Phi) is 673. The van der Waals surface area contributed by atoms with E-state index in [1.807, 2.05) is 0 Å². The number of carboxylic acids is 1. The Morgan fingerprint density at radius 3 is 1.00 bits per heavy atom. The van der Waals surface area contributed by atoms with Crippen molar-refractivity contribution < 1.29 is 26.7 Å². The summed E-state index contributed by atoms with van der Waals surface area (Å²) in [7, 11) is 0. The summed E-state index contributed by atoms with van der Waals surface area (Å²) >= 11 is 0. The third-order valence-electron chi connectivity index (χ3n) is 0. The van der Waals surface area contributed by atoms with Crippen LogP contribution in [-0.4, -0.2) is 11.1 Å². The van der Waals surface area contributed by atoms with Gasteiger partial charge in [-0.2, -0.15) is 0 Å². The van der Waals surface area contributed by atoms with Crippen LogP contribution in [0.4, 0.5) is 0 Å². The second-order valence-corrected chi connectivity index (χ2v) is 0.519. The van der Waals surface area contributed by atoms with Crippen LogP contribution in [0.1, 0.15) is 6.92 Å². The van der Waals surface area contributed by atoms with Gasteiger partial charge in [-0.1, -0.05) is 0 Å². The van der Waals surface area contributed by atoms with Crippen molar-refractivity contribution in [1.82, 2.24) is 0 Å². The normalized spacial score (nSPS) is 2.50. The number of rotatable bonds is 0. The van der Waals surface area contributed by atoms with Crippen molar-refractivity contribution in [2.45, 2.75) is 6.92 Å². The smallest absolute Gasteiger partial charge is 0.300 e. The van der Waals surface area contributed by atoms with Gasteiger partial charge in [0.2, 0.25) is 0 Å². The quantitative estimate of drug-likeness (QED) is 0.618. The average Bonchev–Trinajstić information content (AvgIpc) is 0.811. The second kappa shape index (κ2) is 68.8. The maximum Gasteiger partial charge on any atom is 0.300 e. The molecule has 0 aromatic rings. The molecule has 7 nitrogen and oxygen atoms in total. The van der Waals surface area contributed by atoms with Gasteiger partial charge >= 0.3 is 0 Å². The molecule has 0 saturated heterocycles. The van der Waals surface area contributed by atoms with Gasteiger partial charge < -0.3 is 35.9 Å². The molecule has 0 amide bonds. The maximum absolute atomic E-state index is 9.00. The van der Waals surface area contributed by atoms with E-state index in [9.17, 15) is 0 Å². The fraction of sp³-hybridized carbons (Fsp3) is 0.500. The van der Waals surface area contributed by atoms with Crippen LogP contribution in [0.5, 0.6) is 0 Å². The van der Waals surface area contributed by atoms with E-state index in [-0.39, 0.29) is 47.5 Å². The van der Waals surface area contributed by atoms with Crippen LogP contribution in [0.15, 0.2) is 0 Å². The van der Waals surface area contributed by atoms with Crippen molar-refractivity contribution >= 4 is 5.97 Å². The van der Waals surface area contributed by atoms with E-state index in [0.717, 1.165) is 6.92 Å².